The third-order valence-electron chi connectivity index (χ3n) is 6.61. The summed E-state index contributed by atoms with van der Waals surface area (Å²) in [6.45, 7) is -0.352. The predicted octanol–water partition coefficient (Wildman–Crippen LogP) is 3.22. The zero-order valence-electron chi connectivity index (χ0n) is 17.4. The molecular weight excluding hydrogens is 420 g/mol. The molecule has 0 aromatic heterocycles. The molecule has 3 saturated heterocycles. The molecule has 5 rings (SSSR count). The Balaban J connectivity index is 1.30. The molecule has 3 aliphatic rings. The van der Waals surface area contributed by atoms with Crippen molar-refractivity contribution in [1.29, 1.82) is 0 Å². The molecule has 4 unspecified atom stereocenters. The molecule has 3 heterocycles. The van der Waals surface area contributed by atoms with Gasteiger partial charge in [0, 0.05) is 24.9 Å². The van der Waals surface area contributed by atoms with Crippen LogP contribution in [0.4, 0.5) is 8.78 Å². The molecule has 0 spiro atoms. The van der Waals surface area contributed by atoms with Crippen LogP contribution in [0.2, 0.25) is 0 Å². The molecule has 6 nitrogen and oxygen atoms in total. The normalized spacial score (nSPS) is 31.5. The summed E-state index contributed by atoms with van der Waals surface area (Å²) in [5.41, 5.74) is 0.563. The summed E-state index contributed by atoms with van der Waals surface area (Å²) in [7, 11) is 1.94. The summed E-state index contributed by atoms with van der Waals surface area (Å²) in [5, 5.41) is 0. The van der Waals surface area contributed by atoms with Gasteiger partial charge in [-0.25, -0.2) is 9.18 Å². The van der Waals surface area contributed by atoms with Crippen molar-refractivity contribution >= 4 is 11.9 Å². The van der Waals surface area contributed by atoms with Crippen molar-refractivity contribution in [2.24, 2.45) is 0 Å². The first-order valence-corrected chi connectivity index (χ1v) is 10.6. The van der Waals surface area contributed by atoms with Gasteiger partial charge < -0.3 is 14.2 Å². The van der Waals surface area contributed by atoms with Gasteiger partial charge in [-0.15, -0.1) is 0 Å². The van der Waals surface area contributed by atoms with Crippen LogP contribution in [0.5, 0.6) is 0 Å². The van der Waals surface area contributed by atoms with Gasteiger partial charge in [-0.05, 0) is 30.8 Å². The highest BCUT2D eigenvalue weighted by atomic mass is 19.2. The molecule has 0 radical (unpaired) electrons. The highest BCUT2D eigenvalue weighted by Crippen LogP contribution is 2.52. The van der Waals surface area contributed by atoms with E-state index >= 15 is 4.39 Å². The van der Waals surface area contributed by atoms with E-state index in [2.05, 4.69) is 4.90 Å². The highest BCUT2D eigenvalue weighted by molar-refractivity contribution is 5.89. The van der Waals surface area contributed by atoms with Crippen LogP contribution >= 0.6 is 0 Å². The van der Waals surface area contributed by atoms with Gasteiger partial charge in [0.15, 0.2) is 0 Å². The third kappa shape index (κ3) is 3.89. The molecule has 0 amide bonds. The molecule has 3 fully saturated rings. The van der Waals surface area contributed by atoms with E-state index in [0.29, 0.717) is 5.56 Å². The number of rotatable bonds is 6. The van der Waals surface area contributed by atoms with E-state index in [1.54, 1.807) is 30.3 Å². The van der Waals surface area contributed by atoms with Gasteiger partial charge in [0.1, 0.15) is 30.5 Å². The Morgan fingerprint density at radius 2 is 1.81 bits per heavy atom. The van der Waals surface area contributed by atoms with Crippen molar-refractivity contribution in [1.82, 2.24) is 4.90 Å². The van der Waals surface area contributed by atoms with Crippen molar-refractivity contribution in [3.63, 3.8) is 0 Å². The van der Waals surface area contributed by atoms with Crippen LogP contribution in [0.15, 0.2) is 54.6 Å². The summed E-state index contributed by atoms with van der Waals surface area (Å²) in [4.78, 5) is 27.5. The van der Waals surface area contributed by atoms with E-state index < -0.39 is 29.5 Å². The van der Waals surface area contributed by atoms with Crippen LogP contribution < -0.4 is 0 Å². The third-order valence-corrected chi connectivity index (χ3v) is 6.61. The smallest absolute Gasteiger partial charge is 0.338 e. The Labute approximate surface area is 184 Å². The van der Waals surface area contributed by atoms with Crippen molar-refractivity contribution in [3.05, 3.63) is 71.5 Å². The average molecular weight is 443 g/mol. The van der Waals surface area contributed by atoms with Crippen molar-refractivity contribution < 1.29 is 32.6 Å². The number of likely N-dealkylation sites (N-methyl/N-ethyl adjacent to an activating group) is 1. The number of esters is 2. The summed E-state index contributed by atoms with van der Waals surface area (Å²) < 4.78 is 45.3. The summed E-state index contributed by atoms with van der Waals surface area (Å²) in [5.74, 6) is -5.26. The maximum atomic E-state index is 15.6. The highest BCUT2D eigenvalue weighted by Gasteiger charge is 2.66. The Kier molecular flexibility index (Phi) is 5.22. The molecule has 6 atom stereocenters. The number of piperidine rings is 1. The van der Waals surface area contributed by atoms with E-state index in [9.17, 15) is 14.0 Å². The number of hydrogen-bond donors (Lipinski definition) is 0. The number of alkyl halides is 1. The lowest BCUT2D eigenvalue weighted by atomic mass is 9.96. The molecule has 2 aromatic rings. The van der Waals surface area contributed by atoms with Gasteiger partial charge in [0.25, 0.3) is 5.85 Å². The first kappa shape index (κ1) is 21.0. The number of hydrogen-bond acceptors (Lipinski definition) is 6. The number of carbonyl (C=O) groups excluding carboxylic acids is 2. The van der Waals surface area contributed by atoms with Gasteiger partial charge in [-0.1, -0.05) is 36.4 Å². The Hall–Kier alpha value is -2.84. The number of fused-ring (bicyclic) bond motifs is 5. The Bertz CT molecular complexity index is 1010. The van der Waals surface area contributed by atoms with Gasteiger partial charge in [0.05, 0.1) is 5.56 Å². The quantitative estimate of drug-likeness (QED) is 0.505. The van der Waals surface area contributed by atoms with E-state index in [-0.39, 0.29) is 49.3 Å². The van der Waals surface area contributed by atoms with Gasteiger partial charge >= 0.3 is 11.9 Å². The van der Waals surface area contributed by atoms with Crippen molar-refractivity contribution in [2.75, 3.05) is 13.7 Å². The van der Waals surface area contributed by atoms with Gasteiger partial charge in [-0.3, -0.25) is 9.69 Å². The molecule has 168 valence electrons. The van der Waals surface area contributed by atoms with Crippen molar-refractivity contribution in [2.45, 2.75) is 48.9 Å². The molecule has 3 aliphatic heterocycles. The average Bonchev–Trinajstić information content (AvgIpc) is 3.53. The second-order valence-electron chi connectivity index (χ2n) is 8.65. The first-order valence-electron chi connectivity index (χ1n) is 10.6. The van der Waals surface area contributed by atoms with Crippen LogP contribution in [0.3, 0.4) is 0 Å². The van der Waals surface area contributed by atoms with E-state index in [1.165, 1.54) is 18.2 Å². The van der Waals surface area contributed by atoms with Crippen LogP contribution in [-0.2, 0) is 19.0 Å². The maximum Gasteiger partial charge on any atom is 0.338 e. The fourth-order valence-electron chi connectivity index (χ4n) is 4.87. The largest absolute Gasteiger partial charge is 0.461 e. The maximum absolute atomic E-state index is 15.6. The standard InChI is InChI=1S/C24H23F2NO5/c1-27-18-11-24(26,12-19(27)21-20(18)31-21)32-23(29)17(14-6-3-2-4-7-14)13-30-22(28)15-8-5-9-16(25)10-15/h2-10,17-21H,11-13H2,1H3/t17?,18?,19?,20-,21+,24?. The zero-order chi connectivity index (χ0) is 22.5. The number of nitrogens with zero attached hydrogens (tertiary/aromatic N) is 1. The molecule has 8 heteroatoms. The monoisotopic (exact) mass is 443 g/mol. The molecule has 32 heavy (non-hydrogen) atoms. The second-order valence-corrected chi connectivity index (χ2v) is 8.65. The first-order chi connectivity index (χ1) is 15.3. The van der Waals surface area contributed by atoms with Crippen molar-refractivity contribution in [3.8, 4) is 0 Å². The summed E-state index contributed by atoms with van der Waals surface area (Å²) in [6.07, 6.45) is 0.0755. The molecule has 0 aliphatic carbocycles. The topological polar surface area (TPSA) is 68.4 Å². The summed E-state index contributed by atoms with van der Waals surface area (Å²) in [6, 6.07) is 13.4. The number of ether oxygens (including phenoxy) is 3. The number of epoxide rings is 1. The zero-order valence-corrected chi connectivity index (χ0v) is 17.4. The van der Waals surface area contributed by atoms with Gasteiger partial charge in [-0.2, -0.15) is 4.39 Å². The Morgan fingerprint density at radius 3 is 2.47 bits per heavy atom. The molecule has 0 N–H and O–H groups in total. The Morgan fingerprint density at radius 1 is 1.12 bits per heavy atom. The lowest BCUT2D eigenvalue weighted by Gasteiger charge is -2.41. The lowest BCUT2D eigenvalue weighted by Crippen LogP contribution is -2.53. The molecule has 2 bridgehead atoms. The van der Waals surface area contributed by atoms with Crippen LogP contribution in [0.1, 0.15) is 34.7 Å². The minimum Gasteiger partial charge on any atom is -0.461 e. The fourth-order valence-corrected chi connectivity index (χ4v) is 4.87. The fraction of sp³-hybridized carbons (Fsp3) is 0.417. The molecule has 0 saturated carbocycles. The second kappa shape index (κ2) is 7.94. The SMILES string of the molecule is CN1C2CC(F)(OC(=O)C(COC(=O)c3cccc(F)c3)c3ccccc3)CC1[C@@H]1O[C@H]21. The predicted molar refractivity (Wildman–Crippen MR) is 109 cm³/mol. The number of benzene rings is 2. The van der Waals surface area contributed by atoms with Crippen LogP contribution in [0.25, 0.3) is 0 Å². The molecule has 2 aromatic carbocycles. The minimum atomic E-state index is -2.10. The minimum absolute atomic E-state index is 0.00142. The number of carbonyl (C=O) groups is 2. The molecular formula is C24H23F2NO5. The van der Waals surface area contributed by atoms with Crippen LogP contribution in [0, 0.1) is 5.82 Å². The van der Waals surface area contributed by atoms with E-state index in [4.69, 9.17) is 14.2 Å². The van der Waals surface area contributed by atoms with E-state index in [0.717, 1.165) is 6.07 Å². The number of morpholine rings is 1. The summed E-state index contributed by atoms with van der Waals surface area (Å²) >= 11 is 0. The lowest BCUT2D eigenvalue weighted by molar-refractivity contribution is -0.206. The van der Waals surface area contributed by atoms with Crippen LogP contribution in [-0.4, -0.2) is 60.6 Å². The van der Waals surface area contributed by atoms with Gasteiger partial charge in [0.2, 0.25) is 0 Å². The van der Waals surface area contributed by atoms with E-state index in [1.807, 2.05) is 7.05 Å². The number of halogens is 2.